The summed E-state index contributed by atoms with van der Waals surface area (Å²) in [6.45, 7) is 6.41. The van der Waals surface area contributed by atoms with E-state index >= 15 is 0 Å². The van der Waals surface area contributed by atoms with Crippen molar-refractivity contribution in [2.45, 2.75) is 38.0 Å². The number of likely N-dealkylation sites (tertiary alicyclic amines) is 1. The lowest BCUT2D eigenvalue weighted by atomic mass is 10.1. The van der Waals surface area contributed by atoms with Gasteiger partial charge in [0.25, 0.3) is 0 Å². The minimum atomic E-state index is -5.08. The van der Waals surface area contributed by atoms with Gasteiger partial charge < -0.3 is 24.3 Å². The van der Waals surface area contributed by atoms with Gasteiger partial charge in [0.05, 0.1) is 37.0 Å². The van der Waals surface area contributed by atoms with E-state index in [1.54, 1.807) is 6.26 Å². The predicted molar refractivity (Wildman–Crippen MR) is 109 cm³/mol. The summed E-state index contributed by atoms with van der Waals surface area (Å²) in [5.41, 5.74) is 2.15. The van der Waals surface area contributed by atoms with Gasteiger partial charge in [-0.15, -0.1) is 5.10 Å². The van der Waals surface area contributed by atoms with Crippen LogP contribution in [0.15, 0.2) is 35.1 Å². The number of morpholine rings is 1. The fraction of sp³-hybridized carbons (Fsp3) is 0.500. The van der Waals surface area contributed by atoms with Crippen LogP contribution in [0.25, 0.3) is 0 Å². The number of carboxylic acid groups (broad SMARTS) is 2. The van der Waals surface area contributed by atoms with Crippen molar-refractivity contribution in [3.05, 3.63) is 42.0 Å². The Bertz CT molecular complexity index is 960. The van der Waals surface area contributed by atoms with Crippen molar-refractivity contribution in [3.8, 4) is 0 Å². The monoisotopic (exact) mass is 528 g/mol. The number of carboxylic acids is 2. The van der Waals surface area contributed by atoms with Gasteiger partial charge >= 0.3 is 24.3 Å². The number of halogens is 6. The molecule has 2 aliphatic rings. The van der Waals surface area contributed by atoms with Crippen molar-refractivity contribution >= 4 is 17.8 Å². The fourth-order valence-corrected chi connectivity index (χ4v) is 3.36. The van der Waals surface area contributed by atoms with E-state index in [9.17, 15) is 26.3 Å². The van der Waals surface area contributed by atoms with Crippen molar-refractivity contribution in [2.24, 2.45) is 0 Å². The molecule has 2 N–H and O–H groups in total. The zero-order chi connectivity index (χ0) is 27.1. The lowest BCUT2D eigenvalue weighted by Crippen LogP contribution is -2.51. The lowest BCUT2D eigenvalue weighted by molar-refractivity contribution is -0.193. The Morgan fingerprint density at radius 1 is 1.03 bits per heavy atom. The molecule has 4 heterocycles. The first-order valence-electron chi connectivity index (χ1n) is 10.2. The van der Waals surface area contributed by atoms with E-state index in [1.807, 2.05) is 25.3 Å². The molecule has 4 rings (SSSR count). The Kier molecular flexibility index (Phi) is 9.63. The molecule has 2 aromatic heterocycles. The van der Waals surface area contributed by atoms with Crippen molar-refractivity contribution in [1.82, 2.24) is 15.1 Å². The number of rotatable bonds is 3. The lowest BCUT2D eigenvalue weighted by Gasteiger charge is -2.37. The van der Waals surface area contributed by atoms with Crippen LogP contribution in [0.4, 0.5) is 32.2 Å². The second-order valence-corrected chi connectivity index (χ2v) is 7.63. The number of carbonyl (C=O) groups is 2. The van der Waals surface area contributed by atoms with Crippen LogP contribution >= 0.6 is 0 Å². The molecule has 2 aromatic rings. The number of alkyl halides is 6. The van der Waals surface area contributed by atoms with Crippen LogP contribution in [0.5, 0.6) is 0 Å². The van der Waals surface area contributed by atoms with Gasteiger partial charge in [-0.25, -0.2) is 9.59 Å². The van der Waals surface area contributed by atoms with Crippen LogP contribution in [-0.4, -0.2) is 88.0 Å². The zero-order valence-corrected chi connectivity index (χ0v) is 18.7. The molecule has 0 aliphatic carbocycles. The van der Waals surface area contributed by atoms with E-state index < -0.39 is 24.3 Å². The van der Waals surface area contributed by atoms with Crippen molar-refractivity contribution in [3.63, 3.8) is 0 Å². The summed E-state index contributed by atoms with van der Waals surface area (Å²) in [6.07, 6.45) is -6.39. The maximum Gasteiger partial charge on any atom is 0.490 e. The van der Waals surface area contributed by atoms with Crippen LogP contribution in [0.3, 0.4) is 0 Å². The molecule has 2 saturated heterocycles. The summed E-state index contributed by atoms with van der Waals surface area (Å²) in [7, 11) is 0. The third-order valence-corrected chi connectivity index (χ3v) is 4.93. The van der Waals surface area contributed by atoms with E-state index in [4.69, 9.17) is 29.0 Å². The molecule has 0 bridgehead atoms. The molecule has 2 fully saturated rings. The highest BCUT2D eigenvalue weighted by atomic mass is 19.4. The van der Waals surface area contributed by atoms with Gasteiger partial charge in [-0.05, 0) is 25.1 Å². The highest BCUT2D eigenvalue weighted by Crippen LogP contribution is 2.27. The maximum atomic E-state index is 10.6. The molecule has 0 aromatic carbocycles. The number of hydrogen-bond donors (Lipinski definition) is 2. The first kappa shape index (κ1) is 28.8. The number of aromatic nitrogens is 2. The summed E-state index contributed by atoms with van der Waals surface area (Å²) in [5, 5.41) is 22.8. The first-order valence-corrected chi connectivity index (χ1v) is 10.2. The third kappa shape index (κ3) is 8.67. The Hall–Kier alpha value is -3.40. The van der Waals surface area contributed by atoms with Crippen LogP contribution in [-0.2, 0) is 20.9 Å². The van der Waals surface area contributed by atoms with Gasteiger partial charge in [0.2, 0.25) is 0 Å². The number of ether oxygens (including phenoxy) is 1. The average molecular weight is 528 g/mol. The smallest absolute Gasteiger partial charge is 0.475 e. The van der Waals surface area contributed by atoms with Crippen LogP contribution in [0, 0.1) is 6.92 Å². The molecule has 16 heteroatoms. The zero-order valence-electron chi connectivity index (χ0n) is 18.7. The Labute approximate surface area is 200 Å². The van der Waals surface area contributed by atoms with Gasteiger partial charge in [-0.2, -0.15) is 31.4 Å². The molecule has 10 nitrogen and oxygen atoms in total. The topological polar surface area (TPSA) is 129 Å². The minimum Gasteiger partial charge on any atom is -0.475 e. The summed E-state index contributed by atoms with van der Waals surface area (Å²) < 4.78 is 74.6. The standard InChI is InChI=1S/C16H20N4O2.2C2HF3O2/c1-12-2-3-16(18-17-12)20-5-7-22-15-10-19(9-14(15)20)8-13-4-6-21-11-13;2*3-2(4,5)1(6)7/h2-4,6,11,14-15H,5,7-10H2,1H3;2*(H,6,7)/t14-,15+;;/m1../s1. The Balaban J connectivity index is 0.000000271. The quantitative estimate of drug-likeness (QED) is 0.574. The largest absolute Gasteiger partial charge is 0.490 e. The number of nitrogens with zero attached hydrogens (tertiary/aromatic N) is 4. The highest BCUT2D eigenvalue weighted by Gasteiger charge is 2.41. The number of anilines is 1. The molecule has 0 spiro atoms. The van der Waals surface area contributed by atoms with Gasteiger partial charge in [-0.3, -0.25) is 4.90 Å². The van der Waals surface area contributed by atoms with Gasteiger partial charge in [-0.1, -0.05) is 0 Å². The third-order valence-electron chi connectivity index (χ3n) is 4.93. The number of furan rings is 1. The predicted octanol–water partition coefficient (Wildman–Crippen LogP) is 2.73. The van der Waals surface area contributed by atoms with Crippen molar-refractivity contribution in [1.29, 1.82) is 0 Å². The summed E-state index contributed by atoms with van der Waals surface area (Å²) in [4.78, 5) is 22.6. The molecule has 0 amide bonds. The number of hydrogen-bond acceptors (Lipinski definition) is 8. The van der Waals surface area contributed by atoms with Crippen LogP contribution < -0.4 is 4.90 Å². The average Bonchev–Trinajstić information content (AvgIpc) is 3.43. The highest BCUT2D eigenvalue weighted by molar-refractivity contribution is 5.73. The Morgan fingerprint density at radius 3 is 2.11 bits per heavy atom. The SMILES string of the molecule is Cc1ccc(N2CCO[C@H]3CN(Cc4ccoc4)C[C@H]32)nn1.O=C(O)C(F)(F)F.O=C(O)C(F)(F)F. The molecule has 0 saturated carbocycles. The van der Waals surface area contributed by atoms with Gasteiger partial charge in [0.15, 0.2) is 5.82 Å². The van der Waals surface area contributed by atoms with Gasteiger partial charge in [0.1, 0.15) is 0 Å². The van der Waals surface area contributed by atoms with Crippen molar-refractivity contribution in [2.75, 3.05) is 31.1 Å². The van der Waals surface area contributed by atoms with Crippen LogP contribution in [0.2, 0.25) is 0 Å². The van der Waals surface area contributed by atoms with E-state index in [-0.39, 0.29) is 6.10 Å². The molecular formula is C20H22F6N4O6. The van der Waals surface area contributed by atoms with E-state index in [0.29, 0.717) is 6.04 Å². The first-order chi connectivity index (χ1) is 16.7. The Morgan fingerprint density at radius 2 is 1.64 bits per heavy atom. The van der Waals surface area contributed by atoms with E-state index in [0.717, 1.165) is 44.3 Å². The summed E-state index contributed by atoms with van der Waals surface area (Å²) in [5.74, 6) is -4.56. The number of aliphatic carboxylic acids is 2. The number of fused-ring (bicyclic) bond motifs is 1. The minimum absolute atomic E-state index is 0.240. The molecule has 200 valence electrons. The van der Waals surface area contributed by atoms with Gasteiger partial charge in [0, 0.05) is 31.7 Å². The van der Waals surface area contributed by atoms with Crippen molar-refractivity contribution < 1.29 is 55.3 Å². The molecule has 0 radical (unpaired) electrons. The second-order valence-electron chi connectivity index (χ2n) is 7.63. The molecule has 2 atom stereocenters. The molecular weight excluding hydrogens is 506 g/mol. The van der Waals surface area contributed by atoms with Crippen LogP contribution in [0.1, 0.15) is 11.3 Å². The number of aryl methyl sites for hydroxylation is 1. The fourth-order valence-electron chi connectivity index (χ4n) is 3.36. The molecule has 2 aliphatic heterocycles. The van der Waals surface area contributed by atoms with E-state index in [2.05, 4.69) is 26.1 Å². The maximum absolute atomic E-state index is 10.6. The summed E-state index contributed by atoms with van der Waals surface area (Å²) in [6, 6.07) is 6.44. The van der Waals surface area contributed by atoms with E-state index in [1.165, 1.54) is 5.56 Å². The normalized spacial score (nSPS) is 19.9. The molecule has 0 unspecified atom stereocenters. The second kappa shape index (κ2) is 12.0. The summed E-state index contributed by atoms with van der Waals surface area (Å²) >= 11 is 0. The molecule has 36 heavy (non-hydrogen) atoms.